The lowest BCUT2D eigenvalue weighted by Crippen LogP contribution is -1.83. The van der Waals surface area contributed by atoms with Crippen LogP contribution in [-0.2, 0) is 0 Å². The molecular weight excluding hydrogens is 284 g/mol. The number of rotatable bonds is 4. The van der Waals surface area contributed by atoms with Gasteiger partial charge in [0.15, 0.2) is 5.01 Å². The first-order chi connectivity index (χ1) is 8.70. The number of thiol groups is 1. The van der Waals surface area contributed by atoms with E-state index < -0.39 is 0 Å². The van der Waals surface area contributed by atoms with E-state index in [-0.39, 0.29) is 0 Å². The number of aromatic nitrogens is 3. The third-order valence-electron chi connectivity index (χ3n) is 1.94. The highest BCUT2D eigenvalue weighted by atomic mass is 32.1. The summed E-state index contributed by atoms with van der Waals surface area (Å²) in [5.74, 6) is 0. The van der Waals surface area contributed by atoms with Gasteiger partial charge in [-0.15, -0.1) is 22.8 Å². The fourth-order valence-corrected chi connectivity index (χ4v) is 2.18. The molecule has 0 aliphatic rings. The van der Waals surface area contributed by atoms with Crippen LogP contribution in [0.25, 0.3) is 16.3 Å². The molecule has 0 saturated heterocycles. The second kappa shape index (κ2) is 5.94. The van der Waals surface area contributed by atoms with Crippen LogP contribution in [0.15, 0.2) is 34.8 Å². The Hall–Kier alpha value is -1.44. The molecule has 90 valence electrons. The monoisotopic (exact) mass is 292 g/mol. The summed E-state index contributed by atoms with van der Waals surface area (Å²) in [4.78, 5) is 8.08. The van der Waals surface area contributed by atoms with Gasteiger partial charge in [-0.25, -0.2) is 4.98 Å². The molecule has 2 rings (SSSR count). The van der Waals surface area contributed by atoms with Crippen LogP contribution >= 0.6 is 36.2 Å². The van der Waals surface area contributed by atoms with Crippen LogP contribution in [0.1, 0.15) is 5.01 Å². The Labute approximate surface area is 119 Å². The van der Waals surface area contributed by atoms with E-state index >= 15 is 0 Å². The van der Waals surface area contributed by atoms with Gasteiger partial charge >= 0.3 is 0 Å². The van der Waals surface area contributed by atoms with E-state index in [4.69, 9.17) is 0 Å². The second-order valence-corrected chi connectivity index (χ2v) is 4.85. The van der Waals surface area contributed by atoms with Crippen molar-refractivity contribution >= 4 is 53.5 Å². The van der Waals surface area contributed by atoms with E-state index in [2.05, 4.69) is 51.6 Å². The lowest BCUT2D eigenvalue weighted by Gasteiger charge is -1.94. The molecule has 0 unspecified atom stereocenters. The van der Waals surface area contributed by atoms with Crippen LogP contribution in [0, 0.1) is 0 Å². The Kier molecular flexibility index (Phi) is 4.29. The van der Waals surface area contributed by atoms with E-state index in [1.165, 1.54) is 16.8 Å². The van der Waals surface area contributed by atoms with Gasteiger partial charge in [-0.3, -0.25) is 4.99 Å². The summed E-state index contributed by atoms with van der Waals surface area (Å²) in [6, 6.07) is 5.53. The standard InChI is InChI=1S/C11H8N4S3/c1-7(5-12-6-16)10-14-15-11(18-10)8-3-2-4-9(17)13-8/h2-6H,1H2,(H,13,17)/b12-5-. The van der Waals surface area contributed by atoms with Crippen LogP contribution in [-0.4, -0.2) is 26.9 Å². The number of thiocarbonyl (C=S) groups is 1. The van der Waals surface area contributed by atoms with Crippen molar-refractivity contribution < 1.29 is 0 Å². The lowest BCUT2D eigenvalue weighted by molar-refractivity contribution is 1.06. The van der Waals surface area contributed by atoms with Crippen LogP contribution in [0.2, 0.25) is 0 Å². The molecule has 2 aromatic heterocycles. The van der Waals surface area contributed by atoms with Gasteiger partial charge in [-0.1, -0.05) is 36.2 Å². The maximum atomic E-state index is 4.60. The Morgan fingerprint density at radius 3 is 3.00 bits per heavy atom. The second-order valence-electron chi connectivity index (χ2n) is 3.20. The molecule has 0 N–H and O–H groups in total. The molecule has 4 nitrogen and oxygen atoms in total. The van der Waals surface area contributed by atoms with E-state index in [1.54, 1.807) is 12.3 Å². The number of pyridine rings is 1. The van der Waals surface area contributed by atoms with Crippen molar-refractivity contribution in [3.63, 3.8) is 0 Å². The molecule has 0 spiro atoms. The van der Waals surface area contributed by atoms with E-state index in [1.807, 2.05) is 12.1 Å². The summed E-state index contributed by atoms with van der Waals surface area (Å²) >= 11 is 10.2. The van der Waals surface area contributed by atoms with Gasteiger partial charge in [0.1, 0.15) is 10.7 Å². The molecule has 0 fully saturated rings. The number of hydrogen-bond donors (Lipinski definition) is 1. The van der Waals surface area contributed by atoms with Crippen molar-refractivity contribution in [2.24, 2.45) is 4.99 Å². The van der Waals surface area contributed by atoms with Gasteiger partial charge in [0.2, 0.25) is 0 Å². The molecule has 2 aromatic rings. The number of nitrogens with zero attached hydrogens (tertiary/aromatic N) is 4. The Morgan fingerprint density at radius 1 is 1.44 bits per heavy atom. The van der Waals surface area contributed by atoms with Crippen molar-refractivity contribution in [1.29, 1.82) is 0 Å². The summed E-state index contributed by atoms with van der Waals surface area (Å²) in [7, 11) is 0. The van der Waals surface area contributed by atoms with Crippen LogP contribution in [0.5, 0.6) is 0 Å². The Balaban J connectivity index is 2.28. The quantitative estimate of drug-likeness (QED) is 0.535. The predicted molar refractivity (Wildman–Crippen MR) is 81.6 cm³/mol. The van der Waals surface area contributed by atoms with Crippen molar-refractivity contribution in [1.82, 2.24) is 15.2 Å². The maximum absolute atomic E-state index is 4.60. The number of allylic oxidation sites excluding steroid dienone is 1. The molecule has 18 heavy (non-hydrogen) atoms. The lowest BCUT2D eigenvalue weighted by atomic mass is 10.3. The largest absolute Gasteiger partial charge is 0.252 e. The van der Waals surface area contributed by atoms with Gasteiger partial charge in [0.25, 0.3) is 0 Å². The third-order valence-corrected chi connectivity index (χ3v) is 3.34. The van der Waals surface area contributed by atoms with Gasteiger partial charge < -0.3 is 0 Å². The minimum atomic E-state index is 0.644. The zero-order valence-electron chi connectivity index (χ0n) is 9.15. The maximum Gasteiger partial charge on any atom is 0.166 e. The van der Waals surface area contributed by atoms with Gasteiger partial charge in [-0.2, -0.15) is 0 Å². The van der Waals surface area contributed by atoms with E-state index in [0.717, 1.165) is 10.7 Å². The van der Waals surface area contributed by atoms with Gasteiger partial charge in [0, 0.05) is 11.8 Å². The normalized spacial score (nSPS) is 10.7. The highest BCUT2D eigenvalue weighted by molar-refractivity contribution is 7.80. The number of aliphatic imine (C=N–C) groups is 1. The molecular formula is C11H8N4S3. The van der Waals surface area contributed by atoms with Crippen LogP contribution < -0.4 is 0 Å². The highest BCUT2D eigenvalue weighted by Gasteiger charge is 2.09. The molecule has 0 bridgehead atoms. The Morgan fingerprint density at radius 2 is 2.28 bits per heavy atom. The van der Waals surface area contributed by atoms with Crippen molar-refractivity contribution in [3.05, 3.63) is 29.8 Å². The summed E-state index contributed by atoms with van der Waals surface area (Å²) < 4.78 is 0. The smallest absolute Gasteiger partial charge is 0.166 e. The first-order valence-corrected chi connectivity index (χ1v) is 6.60. The summed E-state index contributed by atoms with van der Waals surface area (Å²) in [6.07, 6.45) is 1.56. The highest BCUT2D eigenvalue weighted by Crippen LogP contribution is 2.25. The summed E-state index contributed by atoms with van der Waals surface area (Å²) in [5, 5.41) is 10.2. The molecule has 0 atom stereocenters. The Bertz CT molecular complexity index is 618. The SMILES string of the molecule is C=C(/C=N\C=S)c1nnc(-c2cccc(S)n2)s1. The number of hydrogen-bond acceptors (Lipinski definition) is 6. The topological polar surface area (TPSA) is 51.0 Å². The molecule has 0 aromatic carbocycles. The molecule has 0 aliphatic carbocycles. The van der Waals surface area contributed by atoms with Crippen LogP contribution in [0.4, 0.5) is 0 Å². The fourth-order valence-electron chi connectivity index (χ4n) is 1.17. The summed E-state index contributed by atoms with van der Waals surface area (Å²) in [5.41, 5.74) is 2.69. The first-order valence-electron chi connectivity index (χ1n) is 4.86. The molecule has 0 amide bonds. The third kappa shape index (κ3) is 3.06. The minimum absolute atomic E-state index is 0.644. The zero-order valence-corrected chi connectivity index (χ0v) is 11.7. The van der Waals surface area contributed by atoms with Crippen molar-refractivity contribution in [2.45, 2.75) is 5.03 Å². The predicted octanol–water partition coefficient (Wildman–Crippen LogP) is 2.93. The average molecular weight is 292 g/mol. The van der Waals surface area contributed by atoms with E-state index in [0.29, 0.717) is 15.6 Å². The zero-order chi connectivity index (χ0) is 13.0. The van der Waals surface area contributed by atoms with Gasteiger partial charge in [0.05, 0.1) is 10.5 Å². The van der Waals surface area contributed by atoms with Crippen LogP contribution in [0.3, 0.4) is 0 Å². The average Bonchev–Trinajstić information content (AvgIpc) is 2.85. The molecule has 0 radical (unpaired) electrons. The molecule has 7 heteroatoms. The van der Waals surface area contributed by atoms with Crippen molar-refractivity contribution in [3.8, 4) is 10.7 Å². The fraction of sp³-hybridized carbons (Fsp3) is 0. The van der Waals surface area contributed by atoms with Crippen molar-refractivity contribution in [2.75, 3.05) is 0 Å². The minimum Gasteiger partial charge on any atom is -0.252 e. The summed E-state index contributed by atoms with van der Waals surface area (Å²) in [6.45, 7) is 3.84. The van der Waals surface area contributed by atoms with E-state index in [9.17, 15) is 0 Å². The first kappa shape index (κ1) is 13.0. The molecule has 0 saturated carbocycles. The van der Waals surface area contributed by atoms with Gasteiger partial charge in [-0.05, 0) is 12.1 Å². The molecule has 2 heterocycles. The molecule has 0 aliphatic heterocycles.